The molecule has 0 saturated heterocycles. The molecule has 4 heteroatoms. The molecule has 4 rings (SSSR count). The summed E-state index contributed by atoms with van der Waals surface area (Å²) in [4.78, 5) is 4.74. The Morgan fingerprint density at radius 3 is 1.92 bits per heavy atom. The van der Waals surface area contributed by atoms with E-state index in [9.17, 15) is 0 Å². The molecule has 26 heavy (non-hydrogen) atoms. The maximum Gasteiger partial charge on any atom is 0.140 e. The predicted octanol–water partition coefficient (Wildman–Crippen LogP) is 4.72. The van der Waals surface area contributed by atoms with Crippen LogP contribution < -0.4 is 0 Å². The fourth-order valence-electron chi connectivity index (χ4n) is 3.02. The van der Waals surface area contributed by atoms with Gasteiger partial charge in [-0.2, -0.15) is 10.5 Å². The van der Waals surface area contributed by atoms with E-state index in [1.165, 1.54) is 0 Å². The number of hydrogen-bond donors (Lipinski definition) is 0. The van der Waals surface area contributed by atoms with Crippen LogP contribution in [0.15, 0.2) is 67.0 Å². The van der Waals surface area contributed by atoms with E-state index in [4.69, 9.17) is 15.5 Å². The summed E-state index contributed by atoms with van der Waals surface area (Å²) in [5, 5.41) is 17.9. The Labute approximate surface area is 151 Å². The van der Waals surface area contributed by atoms with Crippen LogP contribution in [0.25, 0.3) is 28.0 Å². The van der Waals surface area contributed by atoms with E-state index in [0.717, 1.165) is 33.6 Å². The summed E-state index contributed by atoms with van der Waals surface area (Å²) in [7, 11) is 0. The summed E-state index contributed by atoms with van der Waals surface area (Å²) in [6, 6.07) is 21.4. The fraction of sp³-hybridized carbons (Fsp3) is 0.0455. The molecule has 4 nitrogen and oxygen atoms in total. The highest BCUT2D eigenvalue weighted by Crippen LogP contribution is 2.26. The molecule has 0 spiro atoms. The second-order valence-corrected chi connectivity index (χ2v) is 6.15. The molecule has 2 aromatic carbocycles. The Morgan fingerprint density at radius 1 is 0.769 bits per heavy atom. The van der Waals surface area contributed by atoms with Crippen molar-refractivity contribution >= 4 is 5.65 Å². The average molecular weight is 334 g/mol. The van der Waals surface area contributed by atoms with Gasteiger partial charge in [0, 0.05) is 18.0 Å². The zero-order chi connectivity index (χ0) is 18.1. The van der Waals surface area contributed by atoms with Crippen LogP contribution in [-0.4, -0.2) is 9.38 Å². The van der Waals surface area contributed by atoms with Crippen LogP contribution in [0.1, 0.15) is 16.7 Å². The smallest absolute Gasteiger partial charge is 0.140 e. The number of aryl methyl sites for hydroxylation is 1. The largest absolute Gasteiger partial charge is 0.306 e. The third kappa shape index (κ3) is 2.70. The van der Waals surface area contributed by atoms with Crippen LogP contribution in [0, 0.1) is 29.6 Å². The van der Waals surface area contributed by atoms with Crippen LogP contribution in [0.2, 0.25) is 0 Å². The Hall–Kier alpha value is -3.89. The van der Waals surface area contributed by atoms with E-state index in [0.29, 0.717) is 11.1 Å². The monoisotopic (exact) mass is 334 g/mol. The van der Waals surface area contributed by atoms with E-state index in [1.807, 2.05) is 60.1 Å². The molecule has 0 atom stereocenters. The molecule has 0 bridgehead atoms. The van der Waals surface area contributed by atoms with Gasteiger partial charge in [-0.25, -0.2) is 4.98 Å². The molecule has 0 N–H and O–H groups in total. The van der Waals surface area contributed by atoms with Gasteiger partial charge in [0.05, 0.1) is 29.0 Å². The van der Waals surface area contributed by atoms with E-state index in [2.05, 4.69) is 18.2 Å². The van der Waals surface area contributed by atoms with Crippen LogP contribution >= 0.6 is 0 Å². The van der Waals surface area contributed by atoms with Crippen LogP contribution in [0.4, 0.5) is 0 Å². The van der Waals surface area contributed by atoms with Crippen LogP contribution in [-0.2, 0) is 0 Å². The molecule has 0 radical (unpaired) electrons. The number of rotatable bonds is 2. The third-order valence-corrected chi connectivity index (χ3v) is 4.39. The molecule has 2 aromatic heterocycles. The van der Waals surface area contributed by atoms with Crippen molar-refractivity contribution in [2.45, 2.75) is 6.92 Å². The van der Waals surface area contributed by atoms with Gasteiger partial charge in [0.2, 0.25) is 0 Å². The maximum absolute atomic E-state index is 8.95. The Bertz CT molecular complexity index is 1180. The molecule has 0 fully saturated rings. The van der Waals surface area contributed by atoms with Gasteiger partial charge in [0.1, 0.15) is 5.65 Å². The van der Waals surface area contributed by atoms with Gasteiger partial charge >= 0.3 is 0 Å². The molecule has 0 aliphatic rings. The molecule has 0 amide bonds. The van der Waals surface area contributed by atoms with Gasteiger partial charge in [-0.3, -0.25) is 0 Å². The number of hydrogen-bond acceptors (Lipinski definition) is 3. The summed E-state index contributed by atoms with van der Waals surface area (Å²) < 4.78 is 2.02. The van der Waals surface area contributed by atoms with Gasteiger partial charge in [-0.1, -0.05) is 24.3 Å². The lowest BCUT2D eigenvalue weighted by atomic mass is 10.0. The maximum atomic E-state index is 8.95. The molecule has 0 aliphatic carbocycles. The van der Waals surface area contributed by atoms with Gasteiger partial charge in [0.25, 0.3) is 0 Å². The minimum atomic E-state index is 0.636. The second kappa shape index (κ2) is 6.20. The van der Waals surface area contributed by atoms with E-state index in [1.54, 1.807) is 12.1 Å². The quantitative estimate of drug-likeness (QED) is 0.533. The first-order valence-electron chi connectivity index (χ1n) is 8.18. The van der Waals surface area contributed by atoms with Gasteiger partial charge in [-0.05, 0) is 53.9 Å². The minimum absolute atomic E-state index is 0.636. The van der Waals surface area contributed by atoms with Crippen molar-refractivity contribution in [3.8, 4) is 34.5 Å². The second-order valence-electron chi connectivity index (χ2n) is 6.15. The highest BCUT2D eigenvalue weighted by atomic mass is 15.0. The molecular formula is C22H14N4. The number of nitrogens with zero attached hydrogens (tertiary/aromatic N) is 4. The summed E-state index contributed by atoms with van der Waals surface area (Å²) in [5.74, 6) is 0. The van der Waals surface area contributed by atoms with Crippen molar-refractivity contribution < 1.29 is 0 Å². The number of nitriles is 2. The van der Waals surface area contributed by atoms with Crippen molar-refractivity contribution in [3.05, 3.63) is 83.7 Å². The Balaban J connectivity index is 1.79. The minimum Gasteiger partial charge on any atom is -0.306 e. The summed E-state index contributed by atoms with van der Waals surface area (Å²) in [5.41, 5.74) is 7.25. The lowest BCUT2D eigenvalue weighted by Crippen LogP contribution is -1.90. The van der Waals surface area contributed by atoms with E-state index >= 15 is 0 Å². The normalized spacial score (nSPS) is 10.4. The van der Waals surface area contributed by atoms with E-state index in [-0.39, 0.29) is 0 Å². The lowest BCUT2D eigenvalue weighted by Gasteiger charge is -2.05. The standard InChI is InChI=1S/C22H14N4/c1-15-10-20(18-6-2-16(11-23)3-7-18)13-26-14-21(25-22(15)26)19-8-4-17(12-24)5-9-19/h2-10,13-14H,1H3. The number of fused-ring (bicyclic) bond motifs is 1. The highest BCUT2D eigenvalue weighted by molar-refractivity contribution is 5.70. The first-order valence-corrected chi connectivity index (χ1v) is 8.18. The Morgan fingerprint density at radius 2 is 1.35 bits per heavy atom. The molecular weight excluding hydrogens is 320 g/mol. The van der Waals surface area contributed by atoms with Gasteiger partial charge in [0.15, 0.2) is 0 Å². The molecule has 122 valence electrons. The molecule has 0 unspecified atom stereocenters. The van der Waals surface area contributed by atoms with Crippen molar-refractivity contribution in [2.75, 3.05) is 0 Å². The Kier molecular flexibility index (Phi) is 3.73. The zero-order valence-electron chi connectivity index (χ0n) is 14.1. The molecule has 2 heterocycles. The topological polar surface area (TPSA) is 64.9 Å². The van der Waals surface area contributed by atoms with Crippen molar-refractivity contribution in [1.29, 1.82) is 10.5 Å². The van der Waals surface area contributed by atoms with Gasteiger partial charge < -0.3 is 4.40 Å². The first-order chi connectivity index (χ1) is 12.7. The first kappa shape index (κ1) is 15.6. The number of pyridine rings is 1. The van der Waals surface area contributed by atoms with E-state index < -0.39 is 0 Å². The average Bonchev–Trinajstić information content (AvgIpc) is 3.13. The zero-order valence-corrected chi connectivity index (χ0v) is 14.1. The summed E-state index contributed by atoms with van der Waals surface area (Å²) in [6.45, 7) is 2.04. The SMILES string of the molecule is Cc1cc(-c2ccc(C#N)cc2)cn2cc(-c3ccc(C#N)cc3)nc12. The fourth-order valence-corrected chi connectivity index (χ4v) is 3.02. The lowest BCUT2D eigenvalue weighted by molar-refractivity contribution is 1.16. The van der Waals surface area contributed by atoms with Crippen molar-refractivity contribution in [3.63, 3.8) is 0 Å². The summed E-state index contributed by atoms with van der Waals surface area (Å²) in [6.07, 6.45) is 4.04. The van der Waals surface area contributed by atoms with Crippen molar-refractivity contribution in [2.24, 2.45) is 0 Å². The third-order valence-electron chi connectivity index (χ3n) is 4.39. The van der Waals surface area contributed by atoms with Crippen LogP contribution in [0.5, 0.6) is 0 Å². The number of benzene rings is 2. The summed E-state index contributed by atoms with van der Waals surface area (Å²) >= 11 is 0. The van der Waals surface area contributed by atoms with Crippen LogP contribution in [0.3, 0.4) is 0 Å². The van der Waals surface area contributed by atoms with Gasteiger partial charge in [-0.15, -0.1) is 0 Å². The molecule has 0 saturated carbocycles. The predicted molar refractivity (Wildman–Crippen MR) is 100 cm³/mol. The number of aromatic nitrogens is 2. The molecule has 0 aliphatic heterocycles. The molecule has 4 aromatic rings. The number of imidazole rings is 1. The highest BCUT2D eigenvalue weighted by Gasteiger charge is 2.09. The van der Waals surface area contributed by atoms with Crippen molar-refractivity contribution in [1.82, 2.24) is 9.38 Å².